The number of thiazole rings is 1. The number of esters is 1. The molecule has 0 spiro atoms. The summed E-state index contributed by atoms with van der Waals surface area (Å²) in [5.41, 5.74) is 2.92. The number of rotatable bonds is 9. The molecule has 2 aliphatic rings. The summed E-state index contributed by atoms with van der Waals surface area (Å²) >= 11 is 2.90. The lowest BCUT2D eigenvalue weighted by atomic mass is 9.93. The van der Waals surface area contributed by atoms with Gasteiger partial charge in [0, 0.05) is 23.5 Å². The SMILES string of the molecule is CCOC(=O)C1=C(c2ccccc2)N=c2s/c(=C/c3ccc(OCC(=O)N4CCCC4)cc3)c(=O)n2[C@H]1c1ccc(SC)cc1. The van der Waals surface area contributed by atoms with E-state index in [-0.39, 0.29) is 24.7 Å². The van der Waals surface area contributed by atoms with Gasteiger partial charge in [0.05, 0.1) is 28.5 Å². The lowest BCUT2D eigenvalue weighted by Crippen LogP contribution is -2.40. The summed E-state index contributed by atoms with van der Waals surface area (Å²) in [6.07, 6.45) is 5.89. The first-order valence-corrected chi connectivity index (χ1v) is 16.9. The average molecular weight is 640 g/mol. The minimum absolute atomic E-state index is 0.00240. The van der Waals surface area contributed by atoms with Crippen molar-refractivity contribution in [2.24, 2.45) is 4.99 Å². The molecule has 10 heteroatoms. The average Bonchev–Trinajstić information content (AvgIpc) is 3.73. The maximum atomic E-state index is 14.1. The fraction of sp³-hybridized carbons (Fsp3) is 0.257. The predicted molar refractivity (Wildman–Crippen MR) is 177 cm³/mol. The maximum Gasteiger partial charge on any atom is 0.338 e. The second kappa shape index (κ2) is 13.7. The fourth-order valence-electron chi connectivity index (χ4n) is 5.56. The molecule has 0 bridgehead atoms. The van der Waals surface area contributed by atoms with Gasteiger partial charge in [-0.15, -0.1) is 11.8 Å². The second-order valence-corrected chi connectivity index (χ2v) is 12.5. The molecule has 2 aliphatic heterocycles. The van der Waals surface area contributed by atoms with Gasteiger partial charge in [-0.25, -0.2) is 9.79 Å². The summed E-state index contributed by atoms with van der Waals surface area (Å²) in [7, 11) is 0. The largest absolute Gasteiger partial charge is 0.484 e. The van der Waals surface area contributed by atoms with Crippen molar-refractivity contribution in [3.63, 3.8) is 0 Å². The van der Waals surface area contributed by atoms with Crippen LogP contribution in [0.3, 0.4) is 0 Å². The van der Waals surface area contributed by atoms with Crippen LogP contribution in [0.15, 0.2) is 99.1 Å². The molecule has 4 aromatic rings. The Morgan fingerprint density at radius 1 is 1.00 bits per heavy atom. The van der Waals surface area contributed by atoms with Crippen molar-refractivity contribution in [2.45, 2.75) is 30.7 Å². The molecule has 6 rings (SSSR count). The van der Waals surface area contributed by atoms with E-state index in [9.17, 15) is 14.4 Å². The Morgan fingerprint density at radius 3 is 2.38 bits per heavy atom. The third-order valence-electron chi connectivity index (χ3n) is 7.80. The number of carbonyl (C=O) groups is 2. The van der Waals surface area contributed by atoms with Crippen molar-refractivity contribution in [1.82, 2.24) is 9.47 Å². The minimum atomic E-state index is -0.725. The zero-order valence-corrected chi connectivity index (χ0v) is 26.7. The summed E-state index contributed by atoms with van der Waals surface area (Å²) in [6, 6.07) is 24.0. The third kappa shape index (κ3) is 6.53. The smallest absolute Gasteiger partial charge is 0.338 e. The Hall–Kier alpha value is -4.41. The van der Waals surface area contributed by atoms with E-state index in [4.69, 9.17) is 14.5 Å². The summed E-state index contributed by atoms with van der Waals surface area (Å²) in [4.78, 5) is 48.4. The van der Waals surface area contributed by atoms with Crippen LogP contribution in [0.4, 0.5) is 0 Å². The molecule has 0 N–H and O–H groups in total. The molecule has 3 heterocycles. The number of aromatic nitrogens is 1. The number of hydrogen-bond donors (Lipinski definition) is 0. The van der Waals surface area contributed by atoms with Gasteiger partial charge in [-0.05, 0) is 67.5 Å². The van der Waals surface area contributed by atoms with Gasteiger partial charge in [-0.2, -0.15) is 0 Å². The topological polar surface area (TPSA) is 90.2 Å². The van der Waals surface area contributed by atoms with Gasteiger partial charge < -0.3 is 14.4 Å². The lowest BCUT2D eigenvalue weighted by Gasteiger charge is -2.26. The lowest BCUT2D eigenvalue weighted by molar-refractivity contribution is -0.139. The number of carbonyl (C=O) groups excluding carboxylic acids is 2. The van der Waals surface area contributed by atoms with E-state index in [2.05, 4.69) is 0 Å². The number of amides is 1. The molecule has 8 nitrogen and oxygen atoms in total. The van der Waals surface area contributed by atoms with Crippen LogP contribution in [-0.4, -0.2) is 53.9 Å². The number of hydrogen-bond acceptors (Lipinski definition) is 8. The van der Waals surface area contributed by atoms with E-state index >= 15 is 0 Å². The van der Waals surface area contributed by atoms with Crippen molar-refractivity contribution in [2.75, 3.05) is 32.6 Å². The highest BCUT2D eigenvalue weighted by Crippen LogP contribution is 2.35. The molecule has 0 unspecified atom stereocenters. The molecule has 0 radical (unpaired) electrons. The van der Waals surface area contributed by atoms with Gasteiger partial charge in [-0.3, -0.25) is 14.2 Å². The molecule has 1 fully saturated rings. The van der Waals surface area contributed by atoms with Crippen LogP contribution in [0, 0.1) is 0 Å². The Kier molecular flexibility index (Phi) is 9.32. The standard InChI is InChI=1S/C35H33N3O5S2/c1-3-42-34(41)30-31(24-9-5-4-6-10-24)36-35-38(32(30)25-13-17-27(44-2)18-14-25)33(40)28(45-35)21-23-11-15-26(16-12-23)43-22-29(39)37-19-7-8-20-37/h4-6,9-18,21,32H,3,7-8,19-20,22H2,1-2H3/b28-21+/t32-/m0/s1. The highest BCUT2D eigenvalue weighted by molar-refractivity contribution is 7.98. The van der Waals surface area contributed by atoms with Crippen molar-refractivity contribution in [3.8, 4) is 5.75 Å². The van der Waals surface area contributed by atoms with Crippen molar-refractivity contribution < 1.29 is 19.1 Å². The Balaban J connectivity index is 1.41. The summed E-state index contributed by atoms with van der Waals surface area (Å²) < 4.78 is 13.4. The van der Waals surface area contributed by atoms with Gasteiger partial charge in [-0.1, -0.05) is 65.9 Å². The summed E-state index contributed by atoms with van der Waals surface area (Å²) in [5.74, 6) is 0.0703. The number of fused-ring (bicyclic) bond motifs is 1. The zero-order valence-electron chi connectivity index (χ0n) is 25.1. The number of nitrogens with zero attached hydrogens (tertiary/aromatic N) is 3. The number of ether oxygens (including phenoxy) is 2. The fourth-order valence-corrected chi connectivity index (χ4v) is 6.97. The van der Waals surface area contributed by atoms with Gasteiger partial charge >= 0.3 is 5.97 Å². The van der Waals surface area contributed by atoms with Crippen LogP contribution >= 0.6 is 23.1 Å². The monoisotopic (exact) mass is 639 g/mol. The van der Waals surface area contributed by atoms with Crippen LogP contribution in [-0.2, 0) is 14.3 Å². The number of likely N-dealkylation sites (tertiary alicyclic amines) is 1. The first-order chi connectivity index (χ1) is 22.0. The van der Waals surface area contributed by atoms with E-state index in [0.29, 0.717) is 26.4 Å². The molecular formula is C35H33N3O5S2. The first kappa shape index (κ1) is 30.6. The Labute approximate surface area is 269 Å². The van der Waals surface area contributed by atoms with Gasteiger partial charge in [0.2, 0.25) is 0 Å². The van der Waals surface area contributed by atoms with E-state index < -0.39 is 12.0 Å². The third-order valence-corrected chi connectivity index (χ3v) is 9.53. The number of thioether (sulfide) groups is 1. The molecular weight excluding hydrogens is 607 g/mol. The van der Waals surface area contributed by atoms with E-state index in [1.807, 2.05) is 84.0 Å². The molecule has 0 saturated carbocycles. The highest BCUT2D eigenvalue weighted by atomic mass is 32.2. The molecule has 1 aromatic heterocycles. The van der Waals surface area contributed by atoms with Gasteiger partial charge in [0.15, 0.2) is 11.4 Å². The Bertz CT molecular complexity index is 1910. The van der Waals surface area contributed by atoms with Crippen molar-refractivity contribution >= 4 is 46.7 Å². The molecule has 1 atom stereocenters. The predicted octanol–water partition coefficient (Wildman–Crippen LogP) is 4.66. The van der Waals surface area contributed by atoms with Crippen molar-refractivity contribution in [1.29, 1.82) is 0 Å². The molecule has 230 valence electrons. The van der Waals surface area contributed by atoms with Crippen LogP contribution in [0.2, 0.25) is 0 Å². The molecule has 45 heavy (non-hydrogen) atoms. The zero-order chi connectivity index (χ0) is 31.3. The highest BCUT2D eigenvalue weighted by Gasteiger charge is 2.35. The molecule has 3 aromatic carbocycles. The molecule has 1 saturated heterocycles. The molecule has 1 amide bonds. The van der Waals surface area contributed by atoms with Crippen LogP contribution in [0.25, 0.3) is 11.8 Å². The van der Waals surface area contributed by atoms with Crippen LogP contribution < -0.4 is 19.6 Å². The summed E-state index contributed by atoms with van der Waals surface area (Å²) in [5, 5.41) is 0. The first-order valence-electron chi connectivity index (χ1n) is 14.9. The van der Waals surface area contributed by atoms with E-state index in [1.54, 1.807) is 35.4 Å². The van der Waals surface area contributed by atoms with E-state index in [1.165, 1.54) is 11.3 Å². The number of benzene rings is 3. The van der Waals surface area contributed by atoms with Gasteiger partial charge in [0.1, 0.15) is 5.75 Å². The van der Waals surface area contributed by atoms with Crippen LogP contribution in [0.1, 0.15) is 42.5 Å². The Morgan fingerprint density at radius 2 is 1.71 bits per heavy atom. The maximum absolute atomic E-state index is 14.1. The van der Waals surface area contributed by atoms with Crippen LogP contribution in [0.5, 0.6) is 5.75 Å². The van der Waals surface area contributed by atoms with Crippen molar-refractivity contribution in [3.05, 3.63) is 121 Å². The van der Waals surface area contributed by atoms with Gasteiger partial charge in [0.25, 0.3) is 11.5 Å². The normalized spacial score (nSPS) is 16.4. The summed E-state index contributed by atoms with van der Waals surface area (Å²) in [6.45, 7) is 3.54. The van der Waals surface area contributed by atoms with E-state index in [0.717, 1.165) is 47.5 Å². The molecule has 0 aliphatic carbocycles. The minimum Gasteiger partial charge on any atom is -0.484 e. The quantitative estimate of drug-likeness (QED) is 0.196. The second-order valence-electron chi connectivity index (χ2n) is 10.7.